The summed E-state index contributed by atoms with van der Waals surface area (Å²) in [5, 5.41) is 30.3. The van der Waals surface area contributed by atoms with Crippen molar-refractivity contribution in [3.05, 3.63) is 24.3 Å². The van der Waals surface area contributed by atoms with Crippen LogP contribution in [0.5, 0.6) is 0 Å². The van der Waals surface area contributed by atoms with Gasteiger partial charge in [-0.3, -0.25) is 9.35 Å². The fraction of sp³-hybridized carbons (Fsp3) is 0.872. The molecule has 4 N–H and O–H groups in total. The van der Waals surface area contributed by atoms with Gasteiger partial charge in [0.05, 0.1) is 19.8 Å². The molecule has 1 saturated heterocycles. The van der Waals surface area contributed by atoms with Crippen molar-refractivity contribution in [2.45, 2.75) is 192 Å². The normalized spacial score (nSPS) is 21.7. The van der Waals surface area contributed by atoms with E-state index in [0.717, 1.165) is 38.5 Å². The summed E-state index contributed by atoms with van der Waals surface area (Å²) in [5.74, 6) is -0.425. The molecule has 1 fully saturated rings. The highest BCUT2D eigenvalue weighted by molar-refractivity contribution is 7.80. The van der Waals surface area contributed by atoms with Crippen LogP contribution in [-0.4, -0.2) is 97.5 Å². The Morgan fingerprint density at radius 2 is 1.27 bits per heavy atom. The fourth-order valence-electron chi connectivity index (χ4n) is 6.00. The molecule has 0 aliphatic carbocycles. The maximum Gasteiger partial charge on any atom is 0.397 e. The molecule has 52 heavy (non-hydrogen) atoms. The summed E-state index contributed by atoms with van der Waals surface area (Å²) in [4.78, 5) is 12.4. The van der Waals surface area contributed by atoms with Crippen LogP contribution < -0.4 is 0 Å². The van der Waals surface area contributed by atoms with Gasteiger partial charge >= 0.3 is 16.4 Å². The topological polar surface area (TPSA) is 178 Å². The maximum absolute atomic E-state index is 12.4. The van der Waals surface area contributed by atoms with E-state index < -0.39 is 59.8 Å². The Morgan fingerprint density at radius 3 is 1.83 bits per heavy atom. The van der Waals surface area contributed by atoms with Gasteiger partial charge in [0.1, 0.15) is 30.5 Å². The molecule has 0 bridgehead atoms. The van der Waals surface area contributed by atoms with E-state index in [-0.39, 0.29) is 19.6 Å². The van der Waals surface area contributed by atoms with Crippen molar-refractivity contribution in [3.63, 3.8) is 0 Å². The number of esters is 1. The molecule has 0 radical (unpaired) electrons. The van der Waals surface area contributed by atoms with Crippen LogP contribution in [0.3, 0.4) is 0 Å². The van der Waals surface area contributed by atoms with E-state index in [9.17, 15) is 28.5 Å². The number of ether oxygens (including phenoxy) is 4. The largest absolute Gasteiger partial charge is 0.457 e. The highest BCUT2D eigenvalue weighted by atomic mass is 32.3. The number of hydrogen-bond acceptors (Lipinski definition) is 11. The predicted molar refractivity (Wildman–Crippen MR) is 202 cm³/mol. The van der Waals surface area contributed by atoms with Crippen LogP contribution in [0.15, 0.2) is 24.3 Å². The van der Waals surface area contributed by atoms with Crippen LogP contribution >= 0.6 is 0 Å². The first-order chi connectivity index (χ1) is 25.1. The molecule has 1 aliphatic rings. The summed E-state index contributed by atoms with van der Waals surface area (Å²) in [6.45, 7) is 3.77. The second-order valence-electron chi connectivity index (χ2n) is 13.9. The van der Waals surface area contributed by atoms with E-state index in [1.165, 1.54) is 89.9 Å². The van der Waals surface area contributed by atoms with Gasteiger partial charge in [0, 0.05) is 13.0 Å². The number of rotatable bonds is 34. The Balaban J connectivity index is 2.24. The zero-order valence-electron chi connectivity index (χ0n) is 32.1. The lowest BCUT2D eigenvalue weighted by Gasteiger charge is -2.41. The molecular formula is C39H72O12S. The number of aliphatic hydroxyl groups is 3. The Kier molecular flexibility index (Phi) is 29.8. The number of unbranched alkanes of at least 4 members (excludes halogenated alkanes) is 17. The number of aliphatic hydroxyl groups excluding tert-OH is 3. The summed E-state index contributed by atoms with van der Waals surface area (Å²) in [6, 6.07) is 0. The lowest BCUT2D eigenvalue weighted by Crippen LogP contribution is -2.60. The molecule has 0 aromatic rings. The molecule has 1 rings (SSSR count). The van der Waals surface area contributed by atoms with E-state index in [2.05, 4.69) is 35.4 Å². The van der Waals surface area contributed by atoms with Crippen molar-refractivity contribution in [2.75, 3.05) is 26.4 Å². The van der Waals surface area contributed by atoms with Crippen molar-refractivity contribution < 1.29 is 56.2 Å². The summed E-state index contributed by atoms with van der Waals surface area (Å²) < 4.78 is 58.3. The highest BCUT2D eigenvalue weighted by Gasteiger charge is 2.48. The smallest absolute Gasteiger partial charge is 0.397 e. The van der Waals surface area contributed by atoms with Gasteiger partial charge < -0.3 is 34.3 Å². The average molecular weight is 765 g/mol. The number of carbonyl (C=O) groups is 1. The van der Waals surface area contributed by atoms with Crippen LogP contribution in [0, 0.1) is 0 Å². The molecular weight excluding hydrogens is 692 g/mol. The molecule has 0 aromatic carbocycles. The van der Waals surface area contributed by atoms with E-state index in [4.69, 9.17) is 23.5 Å². The summed E-state index contributed by atoms with van der Waals surface area (Å²) >= 11 is 0. The summed E-state index contributed by atoms with van der Waals surface area (Å²) in [5.41, 5.74) is 0. The number of hydrogen-bond donors (Lipinski definition) is 4. The first-order valence-electron chi connectivity index (χ1n) is 20.1. The second kappa shape index (κ2) is 31.9. The van der Waals surface area contributed by atoms with E-state index in [1.807, 2.05) is 6.92 Å². The van der Waals surface area contributed by atoms with Gasteiger partial charge in [-0.2, -0.15) is 8.42 Å². The minimum Gasteiger partial charge on any atom is -0.457 e. The van der Waals surface area contributed by atoms with Crippen molar-refractivity contribution in [3.8, 4) is 0 Å². The molecule has 13 heteroatoms. The minimum absolute atomic E-state index is 0.0332. The molecule has 306 valence electrons. The first-order valence-corrected chi connectivity index (χ1v) is 21.5. The molecule has 6 unspecified atom stereocenters. The third-order valence-corrected chi connectivity index (χ3v) is 9.54. The first kappa shape index (κ1) is 48.6. The molecule has 1 aliphatic heterocycles. The number of allylic oxidation sites excluding steroid dienone is 4. The predicted octanol–water partition coefficient (Wildman–Crippen LogP) is 7.29. The van der Waals surface area contributed by atoms with Crippen molar-refractivity contribution in [2.24, 2.45) is 0 Å². The Hall–Kier alpha value is -1.42. The SMILES string of the molecule is CCCCCCC/C=C\C/C=C\CCCCCCCCCCCCOCC(COC1OC(CO)C(O)C(OS(=O)(=O)O)C1O)OC(=O)CCCCC. The van der Waals surface area contributed by atoms with Gasteiger partial charge in [-0.05, 0) is 44.9 Å². The second-order valence-corrected chi connectivity index (χ2v) is 14.9. The van der Waals surface area contributed by atoms with Crippen molar-refractivity contribution >= 4 is 16.4 Å². The van der Waals surface area contributed by atoms with Crippen LogP contribution in [-0.2, 0) is 38.3 Å². The van der Waals surface area contributed by atoms with Gasteiger partial charge in [0.2, 0.25) is 0 Å². The Bertz CT molecular complexity index is 1020. The van der Waals surface area contributed by atoms with E-state index in [1.54, 1.807) is 0 Å². The van der Waals surface area contributed by atoms with Gasteiger partial charge in [-0.1, -0.05) is 128 Å². The standard InChI is InChI=1S/C39H72O12S/c1-3-5-7-8-9-10-11-12-13-14-15-16-17-18-19-20-21-22-23-24-25-27-29-47-31-33(49-35(41)28-26-6-4-2)32-48-39-37(43)38(51-52(44,45)46)36(42)34(30-40)50-39/h11-12,14-15,33-34,36-40,42-43H,3-10,13,16-32H2,1-2H3,(H,44,45,46)/b12-11-,15-14-. The Labute approximate surface area is 314 Å². The lowest BCUT2D eigenvalue weighted by atomic mass is 9.99. The molecule has 0 saturated carbocycles. The van der Waals surface area contributed by atoms with Gasteiger partial charge in [0.25, 0.3) is 0 Å². The number of carbonyl (C=O) groups excluding carboxylic acids is 1. The lowest BCUT2D eigenvalue weighted by molar-refractivity contribution is -0.301. The molecule has 0 amide bonds. The van der Waals surface area contributed by atoms with Crippen LogP contribution in [0.1, 0.15) is 155 Å². The van der Waals surface area contributed by atoms with Crippen LogP contribution in [0.2, 0.25) is 0 Å². The van der Waals surface area contributed by atoms with E-state index >= 15 is 0 Å². The van der Waals surface area contributed by atoms with Crippen LogP contribution in [0.4, 0.5) is 0 Å². The van der Waals surface area contributed by atoms with Gasteiger partial charge in [-0.15, -0.1) is 0 Å². The van der Waals surface area contributed by atoms with Gasteiger partial charge in [0.15, 0.2) is 6.29 Å². The average Bonchev–Trinajstić information content (AvgIpc) is 3.11. The third-order valence-electron chi connectivity index (χ3n) is 9.08. The highest BCUT2D eigenvalue weighted by Crippen LogP contribution is 2.26. The summed E-state index contributed by atoms with van der Waals surface area (Å²) in [7, 11) is -5.05. The van der Waals surface area contributed by atoms with E-state index in [0.29, 0.717) is 13.0 Å². The zero-order valence-corrected chi connectivity index (χ0v) is 32.9. The maximum atomic E-state index is 12.4. The Morgan fingerprint density at radius 1 is 0.731 bits per heavy atom. The minimum atomic E-state index is -5.05. The van der Waals surface area contributed by atoms with Gasteiger partial charge in [-0.25, -0.2) is 4.18 Å². The summed E-state index contributed by atoms with van der Waals surface area (Å²) in [6.07, 6.45) is 24.7. The third kappa shape index (κ3) is 25.6. The molecule has 0 spiro atoms. The fourth-order valence-corrected chi connectivity index (χ4v) is 6.50. The van der Waals surface area contributed by atoms with Crippen molar-refractivity contribution in [1.82, 2.24) is 0 Å². The molecule has 1 heterocycles. The zero-order chi connectivity index (χ0) is 38.3. The molecule has 12 nitrogen and oxygen atoms in total. The quantitative estimate of drug-likeness (QED) is 0.0223. The molecule has 6 atom stereocenters. The molecule has 0 aromatic heterocycles. The van der Waals surface area contributed by atoms with Crippen LogP contribution in [0.25, 0.3) is 0 Å². The van der Waals surface area contributed by atoms with Crippen molar-refractivity contribution in [1.29, 1.82) is 0 Å². The monoisotopic (exact) mass is 764 g/mol.